The zero-order chi connectivity index (χ0) is 54.3. The highest BCUT2D eigenvalue weighted by Gasteiger charge is 2.51. The Hall–Kier alpha value is -5.15. The Morgan fingerprint density at radius 1 is 0.680 bits per heavy atom. The number of hydrogen-bond donors (Lipinski definition) is 9. The Labute approximate surface area is 414 Å². The van der Waals surface area contributed by atoms with E-state index in [-0.39, 0.29) is 51.2 Å². The molecule has 3 aliphatic rings. The van der Waals surface area contributed by atoms with Gasteiger partial charge < -0.3 is 94.2 Å². The van der Waals surface area contributed by atoms with Crippen molar-refractivity contribution in [3.05, 3.63) is 46.0 Å². The van der Waals surface area contributed by atoms with Gasteiger partial charge in [0.25, 0.3) is 48.4 Å². The van der Waals surface area contributed by atoms with Gasteiger partial charge in [0.1, 0.15) is 66.8 Å². The smallest absolute Gasteiger partial charge is 0.313 e. The maximum Gasteiger partial charge on any atom is 0.313 e. The summed E-state index contributed by atoms with van der Waals surface area (Å²) in [7, 11) is -22.4. The van der Waals surface area contributed by atoms with Crippen LogP contribution in [0.4, 0.5) is 17.7 Å². The van der Waals surface area contributed by atoms with Crippen LogP contribution in [0, 0.1) is 0 Å². The van der Waals surface area contributed by atoms with Crippen LogP contribution in [-0.2, 0) is 71.0 Å². The maximum absolute atomic E-state index is 13.5. The molecule has 0 aliphatic carbocycles. The van der Waals surface area contributed by atoms with Crippen molar-refractivity contribution in [3.63, 3.8) is 0 Å². The number of imidazole rings is 3. The molecule has 12 N–H and O–H groups in total. The Balaban J connectivity index is 0.862. The third-order valence-corrected chi connectivity index (χ3v) is 16.6. The van der Waals surface area contributed by atoms with Crippen LogP contribution < -0.4 is 52.5 Å². The highest BCUT2D eigenvalue weighted by molar-refractivity contribution is 7.65. The van der Waals surface area contributed by atoms with Crippen LogP contribution in [0.5, 0.6) is 0 Å². The summed E-state index contributed by atoms with van der Waals surface area (Å²) < 4.78 is 106. The van der Waals surface area contributed by atoms with Gasteiger partial charge in [0.05, 0.1) is 39.5 Å². The van der Waals surface area contributed by atoms with Gasteiger partial charge in [-0.1, -0.05) is 4.98 Å². The third-order valence-electron chi connectivity index (χ3n) is 11.5. The predicted molar refractivity (Wildman–Crippen MR) is 230 cm³/mol. The molecule has 0 radical (unpaired) electrons. The second-order valence-electron chi connectivity index (χ2n) is 16.4. The summed E-state index contributed by atoms with van der Waals surface area (Å²) in [5.41, 5.74) is 15.1. The maximum atomic E-state index is 13.5. The van der Waals surface area contributed by atoms with Gasteiger partial charge in [0, 0.05) is 7.11 Å². The summed E-state index contributed by atoms with van der Waals surface area (Å²) in [4.78, 5) is 105. The molecule has 0 spiro atoms. The largest absolute Gasteiger partial charge is 0.756 e. The minimum Gasteiger partial charge on any atom is -0.756 e. The van der Waals surface area contributed by atoms with Gasteiger partial charge in [0.15, 0.2) is 41.4 Å². The average Bonchev–Trinajstić information content (AvgIpc) is 4.17. The second-order valence-corrected chi connectivity index (χ2v) is 22.3. The topological polar surface area (TPSA) is 574 Å². The molecule has 3 fully saturated rings. The summed E-state index contributed by atoms with van der Waals surface area (Å²) in [5.74, 6) is -0.782. The lowest BCUT2D eigenvalue weighted by molar-refractivity contribution is -0.745. The molecule has 7 unspecified atom stereocenters. The third kappa shape index (κ3) is 10.9. The molecule has 43 heteroatoms. The van der Waals surface area contributed by atoms with Crippen LogP contribution in [0.3, 0.4) is 0 Å². The zero-order valence-electron chi connectivity index (χ0n) is 37.8. The lowest BCUT2D eigenvalue weighted by Crippen LogP contribution is -2.46. The van der Waals surface area contributed by atoms with Crippen LogP contribution in [0.1, 0.15) is 18.7 Å². The van der Waals surface area contributed by atoms with Gasteiger partial charge in [-0.05, 0) is 0 Å². The van der Waals surface area contributed by atoms with Gasteiger partial charge in [-0.15, -0.1) is 0 Å². The van der Waals surface area contributed by atoms with Crippen molar-refractivity contribution in [2.24, 2.45) is 7.05 Å². The summed E-state index contributed by atoms with van der Waals surface area (Å²) >= 11 is 0. The number of methoxy groups -OCH3 is 1. The van der Waals surface area contributed by atoms with E-state index in [2.05, 4.69) is 57.5 Å². The van der Waals surface area contributed by atoms with E-state index in [0.29, 0.717) is 0 Å². The number of phosphoric ester groups is 3. The SMILES string of the molecule is CO[C@H]1C(OP(=O)([O-])OC[C@H]2O[C@@H](n3cnc4c(=O)[nH]c(N)nc43)[C@@H](O)C2O)[C@@H](COP(=O)([O-])OP(=O)([O-])OP(=O)([O-])OC[C@@H]2O[C@H]([n+]3cn(C)c4c(=O)[nH]c(N)nc43)[C@H](O)C2O)O[C@H]1n1cnc2c(N)ncnc21. The van der Waals surface area contributed by atoms with Crippen LogP contribution in [-0.4, -0.2) is 156 Å². The first kappa shape index (κ1) is 54.6. The monoisotopic (exact) mass is 1140 g/mol. The number of aromatic nitrogens is 12. The number of rotatable bonds is 19. The normalized spacial score (nSPS) is 30.5. The number of nitrogens with two attached hydrogens (primary N) is 3. The number of aryl methyl sites for hydroxylation is 1. The number of nitrogens with one attached hydrogen (secondary N) is 2. The number of H-pyrrole nitrogens is 2. The lowest BCUT2D eigenvalue weighted by atomic mass is 10.1. The molecule has 410 valence electrons. The van der Waals surface area contributed by atoms with Crippen molar-refractivity contribution < 1.29 is 108 Å². The predicted octanol–water partition coefficient (Wildman–Crippen LogP) is -7.24. The molecule has 0 aromatic carbocycles. The Morgan fingerprint density at radius 3 is 1.91 bits per heavy atom. The summed E-state index contributed by atoms with van der Waals surface area (Å²) in [6.45, 7) is -3.73. The number of ether oxygens (including phenoxy) is 4. The first-order valence-corrected chi connectivity index (χ1v) is 26.9. The number of aliphatic hydroxyl groups excluding tert-OH is 4. The van der Waals surface area contributed by atoms with Crippen molar-refractivity contribution in [1.82, 2.24) is 53.6 Å². The molecule has 9 heterocycles. The lowest BCUT2D eigenvalue weighted by Gasteiger charge is -2.35. The molecule has 6 aromatic heterocycles. The molecule has 0 amide bonds. The molecule has 16 atom stereocenters. The zero-order valence-corrected chi connectivity index (χ0v) is 41.4. The van der Waals surface area contributed by atoms with E-state index >= 15 is 0 Å². The molecule has 39 nitrogen and oxygen atoms in total. The van der Waals surface area contributed by atoms with Crippen LogP contribution in [0.15, 0.2) is 34.9 Å². The van der Waals surface area contributed by atoms with Gasteiger partial charge in [-0.2, -0.15) is 4.98 Å². The van der Waals surface area contributed by atoms with E-state index in [1.807, 2.05) is 0 Å². The number of fused-ring (bicyclic) bond motifs is 3. The number of hydrogen-bond acceptors (Lipinski definition) is 33. The minimum atomic E-state index is -6.59. The van der Waals surface area contributed by atoms with Crippen LogP contribution >= 0.6 is 31.3 Å². The fourth-order valence-corrected chi connectivity index (χ4v) is 12.6. The Kier molecular flexibility index (Phi) is 14.8. The number of anilines is 3. The van der Waals surface area contributed by atoms with Crippen LogP contribution in [0.25, 0.3) is 33.5 Å². The molecular formula is C32H40N15O24P4-3. The van der Waals surface area contributed by atoms with Gasteiger partial charge in [-0.25, -0.2) is 33.1 Å². The number of nitrogen functional groups attached to an aromatic ring is 3. The summed E-state index contributed by atoms with van der Waals surface area (Å²) in [6, 6.07) is 0. The van der Waals surface area contributed by atoms with E-state index in [1.165, 1.54) is 17.9 Å². The summed E-state index contributed by atoms with van der Waals surface area (Å²) in [5, 5.41) is 43.0. The Bertz CT molecular complexity index is 3470. The first-order chi connectivity index (χ1) is 35.2. The molecule has 3 aliphatic heterocycles. The molecule has 6 aromatic rings. The standard InChI is InChI=1S/C32H43N15O24P4/c1-44-9-47(25-15(44)27(53)43-32(35)41-25)29-19(51)17(49)11(67-29)4-64-73(56,57)70-75(60,61)71-74(58,59)65-5-12-20(21(62-2)30(68-12)45-7-38-13-22(33)36-6-37-23(13)45)69-72(54,55)63-3-10-16(48)18(50)28(66-10)46-8-39-14-24(46)40-31(34)42-26(14)52/h6-12,16-21,28-30,48-51H,3-5H2,1-2H3,(H11-,33,34,35,36,37,40,41,42,43,52,53,54,55,56,57,58,59,60,61)/p-3/t10-,11+,12-,16?,17?,18+,19-,20?,21+,28-,29+,30-/m1/s1. The quantitative estimate of drug-likeness (QED) is 0.0269. The first-order valence-electron chi connectivity index (χ1n) is 21.1. The minimum absolute atomic E-state index is 0.00984. The van der Waals surface area contributed by atoms with E-state index in [1.54, 1.807) is 0 Å². The summed E-state index contributed by atoms with van der Waals surface area (Å²) in [6.07, 6.45) is -16.7. The number of aliphatic hydroxyl groups is 4. The fraction of sp³-hybridized carbons (Fsp3) is 0.531. The van der Waals surface area contributed by atoms with Gasteiger partial charge in [-0.3, -0.25) is 51.5 Å². The van der Waals surface area contributed by atoms with Crippen molar-refractivity contribution >= 4 is 82.5 Å². The van der Waals surface area contributed by atoms with E-state index in [4.69, 9.17) is 45.2 Å². The Morgan fingerprint density at radius 2 is 1.24 bits per heavy atom. The van der Waals surface area contributed by atoms with E-state index in [0.717, 1.165) is 39.8 Å². The molecule has 75 heavy (non-hydrogen) atoms. The number of aromatic amines is 2. The van der Waals surface area contributed by atoms with E-state index < -0.39 is 136 Å². The van der Waals surface area contributed by atoms with Crippen LogP contribution in [0.2, 0.25) is 0 Å². The van der Waals surface area contributed by atoms with Crippen molar-refractivity contribution in [2.75, 3.05) is 44.1 Å². The molecule has 3 saturated heterocycles. The average molecular weight is 1140 g/mol. The molecule has 0 bridgehead atoms. The number of nitrogens with zero attached hydrogens (tertiary/aromatic N) is 10. The molecule has 0 saturated carbocycles. The van der Waals surface area contributed by atoms with Gasteiger partial charge in [0.2, 0.25) is 17.7 Å². The van der Waals surface area contributed by atoms with Crippen molar-refractivity contribution in [3.8, 4) is 0 Å². The fourth-order valence-electron chi connectivity index (χ4n) is 8.26. The highest BCUT2D eigenvalue weighted by Crippen LogP contribution is 2.63. The second kappa shape index (κ2) is 20.3. The number of phosphoric acid groups is 4. The van der Waals surface area contributed by atoms with Crippen molar-refractivity contribution in [2.45, 2.75) is 73.6 Å². The van der Waals surface area contributed by atoms with Crippen molar-refractivity contribution in [1.29, 1.82) is 0 Å². The molecular weight excluding hydrogens is 1100 g/mol. The van der Waals surface area contributed by atoms with Gasteiger partial charge >= 0.3 is 5.65 Å². The molecule has 9 rings (SSSR count). The highest BCUT2D eigenvalue weighted by atomic mass is 31.3. The van der Waals surface area contributed by atoms with E-state index in [9.17, 15) is 67.8 Å².